The lowest BCUT2D eigenvalue weighted by atomic mass is 9.92. The molecule has 0 saturated heterocycles. The lowest BCUT2D eigenvalue weighted by Gasteiger charge is -2.12. The first-order chi connectivity index (χ1) is 49.0. The topological polar surface area (TPSA) is 132 Å². The van der Waals surface area contributed by atoms with E-state index in [1.807, 2.05) is 91.1 Å². The van der Waals surface area contributed by atoms with Crippen molar-refractivity contribution in [2.75, 3.05) is 0 Å². The quantitative estimate of drug-likeness (QED) is 0.0542. The zero-order valence-corrected chi connectivity index (χ0v) is 64.3. The third-order valence-corrected chi connectivity index (χ3v) is 20.9. The largest absolute Gasteiger partial charge is 0.457 e. The summed E-state index contributed by atoms with van der Waals surface area (Å²) in [5.41, 5.74) is 12.5. The van der Waals surface area contributed by atoms with E-state index in [1.165, 1.54) is 81.7 Å². The molecule has 1 N–H and O–H groups in total. The molecule has 0 spiro atoms. The summed E-state index contributed by atoms with van der Waals surface area (Å²) < 4.78 is 9.25. The van der Waals surface area contributed by atoms with Crippen molar-refractivity contribution in [3.8, 4) is 11.5 Å². The number of thiophene rings is 1. The van der Waals surface area contributed by atoms with Gasteiger partial charge in [-0.15, -0.1) is 11.3 Å². The van der Waals surface area contributed by atoms with Gasteiger partial charge in [0.15, 0.2) is 0 Å². The fourth-order valence-corrected chi connectivity index (χ4v) is 13.9. The molecule has 538 valence electrons. The molecule has 0 aliphatic carbocycles. The Morgan fingerprint density at radius 1 is 0.402 bits per heavy atom. The second-order valence-corrected chi connectivity index (χ2v) is 28.4. The highest BCUT2D eigenvalue weighted by atomic mass is 32.1. The number of rotatable bonds is 27. The van der Waals surface area contributed by atoms with Crippen LogP contribution in [0, 0.1) is 49.4 Å². The summed E-state index contributed by atoms with van der Waals surface area (Å²) in [6.45, 7) is 26.7. The predicted molar refractivity (Wildman–Crippen MR) is 429 cm³/mol. The second kappa shape index (κ2) is 42.3. The molecule has 0 fully saturated rings. The summed E-state index contributed by atoms with van der Waals surface area (Å²) in [4.78, 5) is 71.9. The van der Waals surface area contributed by atoms with Crippen molar-refractivity contribution >= 4 is 88.7 Å². The molecule has 6 atom stereocenters. The number of aromatic amines is 1. The summed E-state index contributed by atoms with van der Waals surface area (Å²) in [6, 6.07) is 64.3. The van der Waals surface area contributed by atoms with E-state index in [-0.39, 0.29) is 47.1 Å². The van der Waals surface area contributed by atoms with Crippen LogP contribution in [0.5, 0.6) is 11.5 Å². The van der Waals surface area contributed by atoms with E-state index in [1.54, 1.807) is 52.9 Å². The number of carbonyl (C=O) groups is 6. The van der Waals surface area contributed by atoms with Crippen LogP contribution in [0.2, 0.25) is 0 Å². The van der Waals surface area contributed by atoms with Crippen LogP contribution in [0.3, 0.4) is 0 Å². The Morgan fingerprint density at radius 2 is 0.853 bits per heavy atom. The summed E-state index contributed by atoms with van der Waals surface area (Å²) in [6.07, 6.45) is 15.9. The molecule has 9 nitrogen and oxygen atoms in total. The molecular weight excluding hydrogens is 1280 g/mol. The van der Waals surface area contributed by atoms with Gasteiger partial charge in [-0.25, -0.2) is 0 Å². The van der Waals surface area contributed by atoms with Crippen molar-refractivity contribution in [3.05, 3.63) is 250 Å². The smallest absolute Gasteiger partial charge is 0.133 e. The van der Waals surface area contributed by atoms with Gasteiger partial charge in [0.25, 0.3) is 0 Å². The van der Waals surface area contributed by atoms with Crippen LogP contribution in [0.4, 0.5) is 0 Å². The maximum Gasteiger partial charge on any atom is 0.133 e. The standard InChI is InChI=1S/C19H22O2.C16H18O.2C15H19NO.C14H16OS.C13H18O/c1-4-17(15(3)20)13-16-7-11-19(12-8-16)21-18-9-5-14(2)6-10-18;1-3-14(12(2)17)10-13-8-9-15-6-4-5-7-16(15)11-13;1-4-12(11(3)17)8-13-9-16-15-6-5-10(2)7-14(13)15;1-4-12(11(2)17)9-13-10-16(3)15-8-6-5-7-14(13)15;1-3-11(10(2)15)8-12-9-16-14-7-5-4-6-13(12)14;1-3-13(11(2)14)10-9-12-7-5-4-6-8-12/h5-12,17H,4,13H2,1-3H3;4-9,11,14H,3,10H2,1-2H3;5-7,9,12,16H,4,8H2,1-3H3;5-8,10,12H,4,9H2,1-3H3;4-7,9,11H,3,8H2,1-2H3;4-8,13H,3,9-10H2,1-2H3/t17-;14-;2*12-;11-;13-/m000000/s1. The number of aryl methyl sites for hydroxylation is 4. The van der Waals surface area contributed by atoms with E-state index in [0.29, 0.717) is 23.1 Å². The lowest BCUT2D eigenvalue weighted by molar-refractivity contribution is -0.121. The molecule has 11 rings (SSSR count). The number of Topliss-reactive ketones (excluding diaryl/α,β-unsaturated/α-hetero) is 6. The number of benzene rings is 8. The average Bonchev–Trinajstić information content (AvgIpc) is 1.70. The van der Waals surface area contributed by atoms with E-state index < -0.39 is 0 Å². The molecule has 102 heavy (non-hydrogen) atoms. The van der Waals surface area contributed by atoms with Gasteiger partial charge in [0.1, 0.15) is 46.2 Å². The fraction of sp³-hybridized carbons (Fsp3) is 0.370. The molecule has 0 unspecified atom stereocenters. The van der Waals surface area contributed by atoms with E-state index in [2.05, 4.69) is 187 Å². The molecular formula is C92H112N2O7S. The van der Waals surface area contributed by atoms with Crippen molar-refractivity contribution in [2.24, 2.45) is 42.6 Å². The number of hydrogen-bond acceptors (Lipinski definition) is 8. The van der Waals surface area contributed by atoms with Gasteiger partial charge in [0, 0.05) is 81.5 Å². The van der Waals surface area contributed by atoms with Crippen LogP contribution in [-0.4, -0.2) is 44.3 Å². The van der Waals surface area contributed by atoms with Gasteiger partial charge in [0.2, 0.25) is 0 Å². The molecule has 10 heteroatoms. The van der Waals surface area contributed by atoms with Crippen molar-refractivity contribution in [2.45, 2.75) is 180 Å². The minimum atomic E-state index is 0.119. The number of nitrogens with one attached hydrogen (secondary N) is 1. The number of fused-ring (bicyclic) bond motifs is 4. The minimum absolute atomic E-state index is 0.119. The molecule has 0 aliphatic rings. The fourth-order valence-electron chi connectivity index (χ4n) is 13.0. The molecule has 3 heterocycles. The van der Waals surface area contributed by atoms with Crippen LogP contribution in [0.1, 0.15) is 173 Å². The number of carbonyl (C=O) groups excluding carboxylic acids is 6. The zero-order valence-electron chi connectivity index (χ0n) is 63.5. The number of aromatic nitrogens is 2. The maximum atomic E-state index is 11.5. The first-order valence-electron chi connectivity index (χ1n) is 36.9. The summed E-state index contributed by atoms with van der Waals surface area (Å²) >= 11 is 1.77. The van der Waals surface area contributed by atoms with Crippen LogP contribution >= 0.6 is 11.3 Å². The molecule has 3 aromatic heterocycles. The molecule has 8 aromatic carbocycles. The molecule has 0 saturated carbocycles. The van der Waals surface area contributed by atoms with Gasteiger partial charge in [-0.05, 0) is 242 Å². The number of ether oxygens (including phenoxy) is 1. The number of H-pyrrole nitrogens is 1. The monoisotopic (exact) mass is 1390 g/mol. The highest BCUT2D eigenvalue weighted by molar-refractivity contribution is 7.17. The number of ketones is 6. The van der Waals surface area contributed by atoms with Crippen LogP contribution in [0.15, 0.2) is 206 Å². The van der Waals surface area contributed by atoms with Gasteiger partial charge in [-0.2, -0.15) is 0 Å². The summed E-state index contributed by atoms with van der Waals surface area (Å²) in [7, 11) is 2.06. The van der Waals surface area contributed by atoms with E-state index >= 15 is 0 Å². The number of nitrogens with zero attached hydrogens (tertiary/aromatic N) is 1. The third kappa shape index (κ3) is 25.7. The van der Waals surface area contributed by atoms with Crippen LogP contribution < -0.4 is 4.74 Å². The van der Waals surface area contributed by atoms with Gasteiger partial charge >= 0.3 is 0 Å². The Hall–Kier alpha value is -9.12. The number of para-hydroxylation sites is 1. The maximum absolute atomic E-state index is 11.5. The Morgan fingerprint density at radius 3 is 1.41 bits per heavy atom. The molecule has 0 bridgehead atoms. The van der Waals surface area contributed by atoms with Crippen LogP contribution in [-0.2, 0) is 74.3 Å². The Kier molecular flexibility index (Phi) is 34.0. The van der Waals surface area contributed by atoms with Crippen molar-refractivity contribution in [1.29, 1.82) is 0 Å². The van der Waals surface area contributed by atoms with Gasteiger partial charge in [-0.1, -0.05) is 192 Å². The highest BCUT2D eigenvalue weighted by Gasteiger charge is 2.19. The normalized spacial score (nSPS) is 12.6. The van der Waals surface area contributed by atoms with Crippen molar-refractivity contribution in [3.63, 3.8) is 0 Å². The van der Waals surface area contributed by atoms with Gasteiger partial charge < -0.3 is 14.3 Å². The van der Waals surface area contributed by atoms with E-state index in [0.717, 1.165) is 100 Å². The molecule has 0 amide bonds. The number of hydrogen-bond donors (Lipinski definition) is 1. The van der Waals surface area contributed by atoms with Gasteiger partial charge in [-0.3, -0.25) is 28.8 Å². The van der Waals surface area contributed by atoms with Crippen LogP contribution in [0.25, 0.3) is 42.7 Å². The van der Waals surface area contributed by atoms with E-state index in [9.17, 15) is 28.8 Å². The predicted octanol–water partition coefficient (Wildman–Crippen LogP) is 23.2. The Bertz CT molecular complexity index is 4420. The lowest BCUT2D eigenvalue weighted by Crippen LogP contribution is -2.12. The third-order valence-electron chi connectivity index (χ3n) is 19.9. The second-order valence-electron chi connectivity index (χ2n) is 27.5. The van der Waals surface area contributed by atoms with E-state index in [4.69, 9.17) is 4.74 Å². The molecule has 0 aliphatic heterocycles. The molecule has 11 aromatic rings. The molecule has 0 radical (unpaired) electrons. The Labute approximate surface area is 612 Å². The first kappa shape index (κ1) is 81.8. The highest BCUT2D eigenvalue weighted by Crippen LogP contribution is 2.31. The summed E-state index contributed by atoms with van der Waals surface area (Å²) in [5.74, 6) is 4.42. The van der Waals surface area contributed by atoms with Crippen molar-refractivity contribution in [1.82, 2.24) is 9.55 Å². The Balaban J connectivity index is 0.000000193. The minimum Gasteiger partial charge on any atom is -0.457 e. The first-order valence-corrected chi connectivity index (χ1v) is 37.8. The SMILES string of the molecule is CC[C@@H](CCc1ccccc1)C(C)=O.CC[C@@H](Cc1c[nH]c2ccc(C)cc12)C(C)=O.CC[C@@H](Cc1ccc(Oc2ccc(C)cc2)cc1)C(C)=O.CC[C@@H](Cc1ccc2ccccc2c1)C(C)=O.CC[C@@H](Cc1cn(C)c2ccccc12)C(C)=O.CC[C@@H](Cc1csc2ccccc12)C(C)=O. The van der Waals surface area contributed by atoms with Gasteiger partial charge in [0.05, 0.1) is 0 Å². The summed E-state index contributed by atoms with van der Waals surface area (Å²) in [5, 5.41) is 8.54. The van der Waals surface area contributed by atoms with Crippen molar-refractivity contribution < 1.29 is 33.5 Å². The average molecular weight is 1390 g/mol. The zero-order chi connectivity index (χ0) is 74.3.